The van der Waals surface area contributed by atoms with Crippen LogP contribution in [0.2, 0.25) is 0 Å². The van der Waals surface area contributed by atoms with Gasteiger partial charge in [-0.3, -0.25) is 14.6 Å². The zero-order chi connectivity index (χ0) is 21.7. The summed E-state index contributed by atoms with van der Waals surface area (Å²) in [6.45, 7) is 7.76. The molecular weight excluding hydrogens is 388 g/mol. The number of rotatable bonds is 6. The lowest BCUT2D eigenvalue weighted by atomic mass is 9.67. The van der Waals surface area contributed by atoms with Crippen LogP contribution < -0.4 is 5.32 Å². The summed E-state index contributed by atoms with van der Waals surface area (Å²) in [6.07, 6.45) is 12.6. The molecule has 4 rings (SSSR count). The van der Waals surface area contributed by atoms with E-state index in [2.05, 4.69) is 22.1 Å². The van der Waals surface area contributed by atoms with Crippen molar-refractivity contribution in [3.63, 3.8) is 0 Å². The minimum Gasteiger partial charge on any atom is -0.356 e. The van der Waals surface area contributed by atoms with Crippen LogP contribution in [-0.4, -0.2) is 65.9 Å². The van der Waals surface area contributed by atoms with E-state index < -0.39 is 0 Å². The van der Waals surface area contributed by atoms with Crippen LogP contribution in [0.3, 0.4) is 0 Å². The number of nitrogens with zero attached hydrogens (tertiary/aromatic N) is 3. The number of piperidine rings is 1. The van der Waals surface area contributed by atoms with E-state index in [4.69, 9.17) is 0 Å². The number of hydrogen-bond donors (Lipinski definition) is 1. The number of nitrogens with one attached hydrogen (secondary N) is 1. The Kier molecular flexibility index (Phi) is 7.26. The fourth-order valence-electron chi connectivity index (χ4n) is 6.04. The van der Waals surface area contributed by atoms with Crippen LogP contribution in [0, 0.1) is 17.3 Å². The Morgan fingerprint density at radius 2 is 1.84 bits per heavy atom. The summed E-state index contributed by atoms with van der Waals surface area (Å²) in [6, 6.07) is 3.54. The maximum atomic E-state index is 13.3. The van der Waals surface area contributed by atoms with Gasteiger partial charge in [0, 0.05) is 43.0 Å². The van der Waals surface area contributed by atoms with Gasteiger partial charge in [-0.05, 0) is 69.8 Å². The van der Waals surface area contributed by atoms with Crippen molar-refractivity contribution in [3.05, 3.63) is 30.1 Å². The van der Waals surface area contributed by atoms with E-state index in [1.54, 1.807) is 24.5 Å². The normalized spacial score (nSPS) is 24.4. The first kappa shape index (κ1) is 22.3. The highest BCUT2D eigenvalue weighted by Crippen LogP contribution is 2.48. The van der Waals surface area contributed by atoms with Gasteiger partial charge in [-0.2, -0.15) is 0 Å². The summed E-state index contributed by atoms with van der Waals surface area (Å²) >= 11 is 0. The van der Waals surface area contributed by atoms with Crippen LogP contribution in [-0.2, 0) is 4.79 Å². The fraction of sp³-hybridized carbons (Fsp3) is 0.720. The summed E-state index contributed by atoms with van der Waals surface area (Å²) in [4.78, 5) is 34.8. The Labute approximate surface area is 186 Å². The predicted molar refractivity (Wildman–Crippen MR) is 122 cm³/mol. The summed E-state index contributed by atoms with van der Waals surface area (Å²) in [5.41, 5.74) is 0.623. The predicted octanol–water partition coefficient (Wildman–Crippen LogP) is 3.34. The van der Waals surface area contributed by atoms with Gasteiger partial charge in [0.25, 0.3) is 5.91 Å². The van der Waals surface area contributed by atoms with Gasteiger partial charge in [0.1, 0.15) is 0 Å². The van der Waals surface area contributed by atoms with Gasteiger partial charge in [0.2, 0.25) is 5.91 Å². The van der Waals surface area contributed by atoms with Gasteiger partial charge in [-0.1, -0.05) is 26.2 Å². The van der Waals surface area contributed by atoms with E-state index in [1.165, 1.54) is 32.4 Å². The molecule has 0 unspecified atom stereocenters. The van der Waals surface area contributed by atoms with E-state index in [0.29, 0.717) is 18.7 Å². The second kappa shape index (κ2) is 10.1. The molecule has 3 aliphatic rings. The van der Waals surface area contributed by atoms with Gasteiger partial charge < -0.3 is 15.1 Å². The van der Waals surface area contributed by atoms with Crippen LogP contribution in [0.5, 0.6) is 0 Å². The van der Waals surface area contributed by atoms with E-state index >= 15 is 0 Å². The smallest absolute Gasteiger partial charge is 0.254 e. The molecule has 3 fully saturated rings. The quantitative estimate of drug-likeness (QED) is 0.758. The third kappa shape index (κ3) is 5.11. The number of aromatic nitrogens is 1. The van der Waals surface area contributed by atoms with Gasteiger partial charge in [0.15, 0.2) is 0 Å². The number of carbonyl (C=O) groups excluding carboxylic acids is 2. The number of amides is 2. The first-order chi connectivity index (χ1) is 15.1. The Morgan fingerprint density at radius 1 is 1.13 bits per heavy atom. The monoisotopic (exact) mass is 426 g/mol. The molecule has 0 aromatic carbocycles. The van der Waals surface area contributed by atoms with Crippen LogP contribution in [0.1, 0.15) is 68.6 Å². The molecule has 1 spiro atoms. The Hall–Kier alpha value is -1.95. The molecule has 0 bridgehead atoms. The van der Waals surface area contributed by atoms with E-state index in [1.807, 2.05) is 4.90 Å². The Bertz CT molecular complexity index is 739. The molecule has 2 saturated heterocycles. The Morgan fingerprint density at radius 3 is 2.52 bits per heavy atom. The van der Waals surface area contributed by atoms with Crippen molar-refractivity contribution in [1.82, 2.24) is 20.1 Å². The van der Waals surface area contributed by atoms with Crippen molar-refractivity contribution in [2.24, 2.45) is 17.3 Å². The van der Waals surface area contributed by atoms with Crippen molar-refractivity contribution in [3.8, 4) is 0 Å². The number of pyridine rings is 1. The van der Waals surface area contributed by atoms with Gasteiger partial charge in [-0.15, -0.1) is 0 Å². The fourth-order valence-corrected chi connectivity index (χ4v) is 6.04. The SMILES string of the molecule is CCN1CCC(CCNC(=O)[C@@H]2CN(C(=O)c3ccncc3)CC23CCCCC3)CC1. The summed E-state index contributed by atoms with van der Waals surface area (Å²) < 4.78 is 0. The molecule has 6 nitrogen and oxygen atoms in total. The molecule has 1 aliphatic carbocycles. The molecule has 1 aromatic heterocycles. The molecule has 6 heteroatoms. The second-order valence-corrected chi connectivity index (χ2v) is 9.85. The summed E-state index contributed by atoms with van der Waals surface area (Å²) in [5.74, 6) is 0.837. The Balaban J connectivity index is 1.35. The number of hydrogen-bond acceptors (Lipinski definition) is 4. The van der Waals surface area contributed by atoms with Crippen LogP contribution in [0.15, 0.2) is 24.5 Å². The molecule has 0 radical (unpaired) electrons. The highest BCUT2D eigenvalue weighted by atomic mass is 16.2. The third-order valence-electron chi connectivity index (χ3n) is 8.03. The standard InChI is InChI=1S/C25H38N4O2/c1-2-28-16-9-20(10-17-28)6-15-27-23(30)22-18-29(19-25(22)11-4-3-5-12-25)24(31)21-7-13-26-14-8-21/h7-8,13-14,20,22H,2-6,9-12,15-19H2,1H3,(H,27,30)/t22-/m0/s1. The molecule has 1 aromatic rings. The van der Waals surface area contributed by atoms with E-state index in [0.717, 1.165) is 51.1 Å². The zero-order valence-electron chi connectivity index (χ0n) is 19.0. The van der Waals surface area contributed by atoms with E-state index in [-0.39, 0.29) is 23.1 Å². The molecule has 1 saturated carbocycles. The van der Waals surface area contributed by atoms with Gasteiger partial charge >= 0.3 is 0 Å². The molecule has 3 heterocycles. The van der Waals surface area contributed by atoms with Crippen molar-refractivity contribution in [2.45, 2.75) is 58.3 Å². The minimum absolute atomic E-state index is 0.0327. The lowest BCUT2D eigenvalue weighted by Gasteiger charge is -2.37. The summed E-state index contributed by atoms with van der Waals surface area (Å²) in [5, 5.41) is 3.27. The molecule has 1 N–H and O–H groups in total. The van der Waals surface area contributed by atoms with Gasteiger partial charge in [-0.25, -0.2) is 0 Å². The highest BCUT2D eigenvalue weighted by Gasteiger charge is 2.51. The second-order valence-electron chi connectivity index (χ2n) is 9.85. The molecule has 2 aliphatic heterocycles. The molecular formula is C25H38N4O2. The maximum Gasteiger partial charge on any atom is 0.254 e. The molecule has 170 valence electrons. The van der Waals surface area contributed by atoms with Crippen LogP contribution in [0.25, 0.3) is 0 Å². The molecule has 2 amide bonds. The summed E-state index contributed by atoms with van der Waals surface area (Å²) in [7, 11) is 0. The first-order valence-electron chi connectivity index (χ1n) is 12.3. The van der Waals surface area contributed by atoms with Crippen molar-refractivity contribution < 1.29 is 9.59 Å². The average Bonchev–Trinajstić information content (AvgIpc) is 3.18. The van der Waals surface area contributed by atoms with Crippen LogP contribution >= 0.6 is 0 Å². The number of likely N-dealkylation sites (tertiary alicyclic amines) is 2. The first-order valence-corrected chi connectivity index (χ1v) is 12.3. The van der Waals surface area contributed by atoms with Gasteiger partial charge in [0.05, 0.1) is 5.92 Å². The lowest BCUT2D eigenvalue weighted by Crippen LogP contribution is -2.43. The molecule has 31 heavy (non-hydrogen) atoms. The third-order valence-corrected chi connectivity index (χ3v) is 8.03. The van der Waals surface area contributed by atoms with Crippen molar-refractivity contribution in [1.29, 1.82) is 0 Å². The maximum absolute atomic E-state index is 13.3. The highest BCUT2D eigenvalue weighted by molar-refractivity contribution is 5.95. The zero-order valence-corrected chi connectivity index (χ0v) is 19.0. The number of carbonyl (C=O) groups is 2. The largest absolute Gasteiger partial charge is 0.356 e. The van der Waals surface area contributed by atoms with E-state index in [9.17, 15) is 9.59 Å². The lowest BCUT2D eigenvalue weighted by molar-refractivity contribution is -0.128. The van der Waals surface area contributed by atoms with Crippen molar-refractivity contribution >= 4 is 11.8 Å². The average molecular weight is 427 g/mol. The topological polar surface area (TPSA) is 65.5 Å². The molecule has 1 atom stereocenters. The minimum atomic E-state index is -0.0828. The van der Waals surface area contributed by atoms with Crippen LogP contribution in [0.4, 0.5) is 0 Å². The van der Waals surface area contributed by atoms with Crippen molar-refractivity contribution in [2.75, 3.05) is 39.3 Å².